The maximum atomic E-state index is 10.6. The number of nitrogens with one attached hydrogen (secondary N) is 1. The van der Waals surface area contributed by atoms with Crippen LogP contribution in [0.1, 0.15) is 12.8 Å². The van der Waals surface area contributed by atoms with Crippen molar-refractivity contribution >= 4 is 17.1 Å². The molecule has 3 rings (SSSR count). The Hall–Kier alpha value is -2.41. The van der Waals surface area contributed by atoms with Gasteiger partial charge in [0.25, 0.3) is 5.69 Å². The van der Waals surface area contributed by atoms with Crippen molar-refractivity contribution in [3.63, 3.8) is 0 Å². The van der Waals surface area contributed by atoms with E-state index in [1.54, 1.807) is 18.3 Å². The molecular weight excluding hydrogens is 272 g/mol. The smallest absolute Gasteiger partial charge is 0.269 e. The predicted octanol–water partition coefficient (Wildman–Crippen LogP) is 2.71. The van der Waals surface area contributed by atoms with Crippen molar-refractivity contribution in [2.45, 2.75) is 25.5 Å². The van der Waals surface area contributed by atoms with Gasteiger partial charge in [0.1, 0.15) is 0 Å². The second kappa shape index (κ2) is 5.92. The third-order valence-electron chi connectivity index (χ3n) is 3.41. The molecule has 0 bridgehead atoms. The molecule has 0 amide bonds. The Balaban J connectivity index is 1.62. The van der Waals surface area contributed by atoms with Gasteiger partial charge in [0, 0.05) is 30.6 Å². The number of rotatable bonds is 5. The van der Waals surface area contributed by atoms with E-state index in [9.17, 15) is 10.1 Å². The Labute approximate surface area is 121 Å². The summed E-state index contributed by atoms with van der Waals surface area (Å²) >= 11 is 0. The van der Waals surface area contributed by atoms with Crippen LogP contribution in [-0.4, -0.2) is 27.4 Å². The third kappa shape index (κ3) is 3.38. The minimum atomic E-state index is -0.413. The predicted molar refractivity (Wildman–Crippen MR) is 77.6 cm³/mol. The zero-order valence-corrected chi connectivity index (χ0v) is 11.4. The SMILES string of the molecule is O=[N+]([O-])c1ccc(Nc2cnn(CC3CCCO3)c2)cc1. The lowest BCUT2D eigenvalue weighted by molar-refractivity contribution is -0.384. The summed E-state index contributed by atoms with van der Waals surface area (Å²) in [5.74, 6) is 0. The molecule has 1 aromatic carbocycles. The monoisotopic (exact) mass is 288 g/mol. The van der Waals surface area contributed by atoms with Crippen LogP contribution in [0.25, 0.3) is 0 Å². The molecule has 2 heterocycles. The highest BCUT2D eigenvalue weighted by Crippen LogP contribution is 2.20. The molecule has 1 aliphatic heterocycles. The van der Waals surface area contributed by atoms with Crippen molar-refractivity contribution in [2.75, 3.05) is 11.9 Å². The Bertz CT molecular complexity index is 617. The van der Waals surface area contributed by atoms with Crippen LogP contribution in [0.2, 0.25) is 0 Å². The molecule has 1 N–H and O–H groups in total. The molecule has 0 spiro atoms. The summed E-state index contributed by atoms with van der Waals surface area (Å²) in [4.78, 5) is 10.2. The average molecular weight is 288 g/mol. The highest BCUT2D eigenvalue weighted by atomic mass is 16.6. The number of nitro groups is 1. The molecule has 1 aromatic heterocycles. The summed E-state index contributed by atoms with van der Waals surface area (Å²) in [5, 5.41) is 18.1. The van der Waals surface area contributed by atoms with Crippen LogP contribution in [-0.2, 0) is 11.3 Å². The summed E-state index contributed by atoms with van der Waals surface area (Å²) in [6.07, 6.45) is 6.07. The Morgan fingerprint density at radius 2 is 2.19 bits per heavy atom. The largest absolute Gasteiger partial charge is 0.376 e. The normalized spacial score (nSPS) is 17.8. The van der Waals surface area contributed by atoms with Gasteiger partial charge in [0.2, 0.25) is 0 Å². The van der Waals surface area contributed by atoms with Gasteiger partial charge in [-0.15, -0.1) is 0 Å². The molecule has 1 saturated heterocycles. The zero-order chi connectivity index (χ0) is 14.7. The molecule has 21 heavy (non-hydrogen) atoms. The summed E-state index contributed by atoms with van der Waals surface area (Å²) in [5.41, 5.74) is 1.72. The number of ether oxygens (including phenoxy) is 1. The highest BCUT2D eigenvalue weighted by Gasteiger charge is 2.16. The maximum absolute atomic E-state index is 10.6. The van der Waals surface area contributed by atoms with E-state index in [1.165, 1.54) is 12.1 Å². The zero-order valence-electron chi connectivity index (χ0n) is 11.4. The molecule has 1 unspecified atom stereocenters. The van der Waals surface area contributed by atoms with Gasteiger partial charge in [-0.1, -0.05) is 0 Å². The van der Waals surface area contributed by atoms with E-state index >= 15 is 0 Å². The highest BCUT2D eigenvalue weighted by molar-refractivity contribution is 5.59. The first-order valence-corrected chi connectivity index (χ1v) is 6.86. The van der Waals surface area contributed by atoms with E-state index in [0.717, 1.165) is 37.4 Å². The topological polar surface area (TPSA) is 82.2 Å². The van der Waals surface area contributed by atoms with Crippen LogP contribution in [0.15, 0.2) is 36.7 Å². The van der Waals surface area contributed by atoms with Crippen molar-refractivity contribution in [1.82, 2.24) is 9.78 Å². The number of anilines is 2. The van der Waals surface area contributed by atoms with Crippen LogP contribution in [0, 0.1) is 10.1 Å². The lowest BCUT2D eigenvalue weighted by Gasteiger charge is -2.08. The van der Waals surface area contributed by atoms with Crippen molar-refractivity contribution in [2.24, 2.45) is 0 Å². The van der Waals surface area contributed by atoms with E-state index in [1.807, 2.05) is 10.9 Å². The number of aromatic nitrogens is 2. The Morgan fingerprint density at radius 3 is 2.86 bits per heavy atom. The van der Waals surface area contributed by atoms with Crippen molar-refractivity contribution < 1.29 is 9.66 Å². The van der Waals surface area contributed by atoms with Crippen molar-refractivity contribution in [1.29, 1.82) is 0 Å². The van der Waals surface area contributed by atoms with Crippen LogP contribution < -0.4 is 5.32 Å². The van der Waals surface area contributed by atoms with Crippen molar-refractivity contribution in [3.05, 3.63) is 46.8 Å². The Morgan fingerprint density at radius 1 is 1.38 bits per heavy atom. The molecule has 7 nitrogen and oxygen atoms in total. The lowest BCUT2D eigenvalue weighted by Crippen LogP contribution is -2.15. The Kier molecular flexibility index (Phi) is 3.83. The fraction of sp³-hybridized carbons (Fsp3) is 0.357. The average Bonchev–Trinajstić information content (AvgIpc) is 3.12. The minimum absolute atomic E-state index is 0.0784. The number of non-ortho nitro benzene ring substituents is 1. The third-order valence-corrected chi connectivity index (χ3v) is 3.41. The van der Waals surface area contributed by atoms with Crippen LogP contribution >= 0.6 is 0 Å². The van der Waals surface area contributed by atoms with E-state index < -0.39 is 4.92 Å². The van der Waals surface area contributed by atoms with Gasteiger partial charge >= 0.3 is 0 Å². The number of nitrogens with zero attached hydrogens (tertiary/aromatic N) is 3. The van der Waals surface area contributed by atoms with E-state index in [4.69, 9.17) is 4.74 Å². The molecule has 1 atom stereocenters. The molecule has 2 aromatic rings. The summed E-state index contributed by atoms with van der Waals surface area (Å²) in [6, 6.07) is 6.29. The van der Waals surface area contributed by atoms with Crippen LogP contribution in [0.5, 0.6) is 0 Å². The fourth-order valence-electron chi connectivity index (χ4n) is 2.36. The van der Waals surface area contributed by atoms with Gasteiger partial charge in [-0.3, -0.25) is 14.8 Å². The van der Waals surface area contributed by atoms with Crippen molar-refractivity contribution in [3.8, 4) is 0 Å². The maximum Gasteiger partial charge on any atom is 0.269 e. The van der Waals surface area contributed by atoms with Gasteiger partial charge in [0.15, 0.2) is 0 Å². The first kappa shape index (κ1) is 13.6. The summed E-state index contributed by atoms with van der Waals surface area (Å²) in [6.45, 7) is 1.59. The van der Waals surface area contributed by atoms with E-state index in [-0.39, 0.29) is 11.8 Å². The fourth-order valence-corrected chi connectivity index (χ4v) is 2.36. The number of hydrogen-bond donors (Lipinski definition) is 1. The quantitative estimate of drug-likeness (QED) is 0.675. The van der Waals surface area contributed by atoms with Crippen LogP contribution in [0.4, 0.5) is 17.1 Å². The molecule has 7 heteroatoms. The molecule has 110 valence electrons. The van der Waals surface area contributed by atoms with Gasteiger partial charge in [-0.05, 0) is 25.0 Å². The number of benzene rings is 1. The van der Waals surface area contributed by atoms with E-state index in [0.29, 0.717) is 0 Å². The van der Waals surface area contributed by atoms with Gasteiger partial charge in [-0.25, -0.2) is 0 Å². The molecule has 0 radical (unpaired) electrons. The van der Waals surface area contributed by atoms with Gasteiger partial charge in [0.05, 0.1) is 29.5 Å². The minimum Gasteiger partial charge on any atom is -0.376 e. The molecular formula is C14H16N4O3. The van der Waals surface area contributed by atoms with Gasteiger partial charge < -0.3 is 10.1 Å². The molecule has 0 saturated carbocycles. The lowest BCUT2D eigenvalue weighted by atomic mass is 10.2. The molecule has 1 aliphatic rings. The second-order valence-corrected chi connectivity index (χ2v) is 5.02. The number of hydrogen-bond acceptors (Lipinski definition) is 5. The molecule has 0 aliphatic carbocycles. The second-order valence-electron chi connectivity index (χ2n) is 5.02. The summed E-state index contributed by atoms with van der Waals surface area (Å²) in [7, 11) is 0. The van der Waals surface area contributed by atoms with Crippen LogP contribution in [0.3, 0.4) is 0 Å². The summed E-state index contributed by atoms with van der Waals surface area (Å²) < 4.78 is 7.43. The first-order valence-electron chi connectivity index (χ1n) is 6.86. The van der Waals surface area contributed by atoms with E-state index in [2.05, 4.69) is 10.4 Å². The number of nitro benzene ring substituents is 1. The standard InChI is InChI=1S/C14H16N4O3/c19-18(20)13-5-3-11(4-6-13)16-12-8-15-17(9-12)10-14-2-1-7-21-14/h3-6,8-9,14,16H,1-2,7,10H2. The van der Waals surface area contributed by atoms with Gasteiger partial charge in [-0.2, -0.15) is 5.10 Å². The molecule has 1 fully saturated rings. The first-order chi connectivity index (χ1) is 10.2.